The number of benzene rings is 3. The highest BCUT2D eigenvalue weighted by Crippen LogP contribution is 2.37. The number of hydrogen-bond acceptors (Lipinski definition) is 6. The van der Waals surface area contributed by atoms with Crippen molar-refractivity contribution in [2.75, 3.05) is 23.4 Å². The summed E-state index contributed by atoms with van der Waals surface area (Å²) >= 11 is 0. The fourth-order valence-electron chi connectivity index (χ4n) is 3.86. The number of nitro benzene ring substituents is 1. The normalized spacial score (nSPS) is 17.1. The Morgan fingerprint density at radius 3 is 2.59 bits per heavy atom. The first kappa shape index (κ1) is 19.6. The van der Waals surface area contributed by atoms with Gasteiger partial charge in [-0.15, -0.1) is 0 Å². The number of ether oxygens (including phenoxy) is 2. The number of nitrogens with zero attached hydrogens (tertiary/aromatic N) is 2. The average Bonchev–Trinajstić information content (AvgIpc) is 2.82. The van der Waals surface area contributed by atoms with E-state index in [9.17, 15) is 14.9 Å². The van der Waals surface area contributed by atoms with Crippen molar-refractivity contribution < 1.29 is 19.2 Å². The summed E-state index contributed by atoms with van der Waals surface area (Å²) in [6.45, 7) is 0.914. The molecule has 0 aromatic heterocycles. The van der Waals surface area contributed by atoms with Crippen LogP contribution >= 0.6 is 0 Å². The molecule has 1 N–H and O–H groups in total. The molecule has 2 aliphatic heterocycles. The second-order valence-electron chi connectivity index (χ2n) is 7.31. The molecular weight excluding hydrogens is 410 g/mol. The molecule has 8 heteroatoms. The number of carbonyl (C=O) groups is 1. The van der Waals surface area contributed by atoms with Crippen molar-refractivity contribution in [1.82, 2.24) is 0 Å². The van der Waals surface area contributed by atoms with Gasteiger partial charge in [-0.1, -0.05) is 24.3 Å². The molecule has 0 saturated carbocycles. The van der Waals surface area contributed by atoms with Crippen LogP contribution < -0.4 is 19.7 Å². The van der Waals surface area contributed by atoms with Crippen LogP contribution in [0, 0.1) is 10.1 Å². The van der Waals surface area contributed by atoms with Gasteiger partial charge in [-0.25, -0.2) is 0 Å². The minimum absolute atomic E-state index is 0.00262. The molecule has 0 radical (unpaired) electrons. The van der Waals surface area contributed by atoms with Crippen molar-refractivity contribution in [3.05, 3.63) is 94.0 Å². The third-order valence-corrected chi connectivity index (χ3v) is 5.35. The lowest BCUT2D eigenvalue weighted by Crippen LogP contribution is -2.48. The fraction of sp³-hybridized carbons (Fsp3) is 0.125. The van der Waals surface area contributed by atoms with Crippen LogP contribution in [0.5, 0.6) is 11.5 Å². The van der Waals surface area contributed by atoms with Gasteiger partial charge in [0.05, 0.1) is 21.7 Å². The Morgan fingerprint density at radius 1 is 1.00 bits per heavy atom. The Labute approximate surface area is 183 Å². The predicted molar refractivity (Wildman–Crippen MR) is 120 cm³/mol. The minimum Gasteiger partial charge on any atom is -0.486 e. The van der Waals surface area contributed by atoms with Gasteiger partial charge in [0.1, 0.15) is 19.4 Å². The Morgan fingerprint density at radius 2 is 1.75 bits per heavy atom. The van der Waals surface area contributed by atoms with E-state index < -0.39 is 11.1 Å². The van der Waals surface area contributed by atoms with Crippen LogP contribution in [0.15, 0.2) is 72.8 Å². The lowest BCUT2D eigenvalue weighted by Gasteiger charge is -2.36. The van der Waals surface area contributed by atoms with E-state index in [0.29, 0.717) is 47.2 Å². The van der Waals surface area contributed by atoms with E-state index in [1.807, 2.05) is 18.2 Å². The maximum absolute atomic E-state index is 13.5. The number of fused-ring (bicyclic) bond motifs is 2. The molecular formula is C24H19N3O5. The summed E-state index contributed by atoms with van der Waals surface area (Å²) in [6.07, 6.45) is 2.83. The Kier molecular flexibility index (Phi) is 4.95. The van der Waals surface area contributed by atoms with Gasteiger partial charge in [-0.3, -0.25) is 19.8 Å². The number of carbonyl (C=O) groups excluding carboxylic acids is 1. The van der Waals surface area contributed by atoms with Gasteiger partial charge in [0, 0.05) is 17.8 Å². The number of rotatable bonds is 4. The SMILES string of the molecule is O=C1c2ccccc2NC(/C=C/c2ccccc2[N+](=O)[O-])N1c1ccc2c(c1)OCCO2. The maximum atomic E-state index is 13.5. The smallest absolute Gasteiger partial charge is 0.276 e. The molecule has 32 heavy (non-hydrogen) atoms. The van der Waals surface area contributed by atoms with Crippen LogP contribution in [0.4, 0.5) is 17.1 Å². The number of para-hydroxylation sites is 2. The van der Waals surface area contributed by atoms with Crippen molar-refractivity contribution in [3.63, 3.8) is 0 Å². The zero-order valence-electron chi connectivity index (χ0n) is 16.9. The molecule has 0 spiro atoms. The molecule has 2 aliphatic rings. The first-order valence-corrected chi connectivity index (χ1v) is 10.1. The van der Waals surface area contributed by atoms with Gasteiger partial charge < -0.3 is 14.8 Å². The highest BCUT2D eigenvalue weighted by Gasteiger charge is 2.32. The van der Waals surface area contributed by atoms with Crippen LogP contribution in [0.2, 0.25) is 0 Å². The molecule has 1 amide bonds. The standard InChI is InChI=1S/C24H19N3O5/c28-24-18-6-2-3-7-19(18)25-23(12-9-16-5-1-4-8-20(16)27(29)30)26(24)17-10-11-21-22(15-17)32-14-13-31-21/h1-12,15,23,25H,13-14H2/b12-9+. The Bertz CT molecular complexity index is 1240. The van der Waals surface area contributed by atoms with E-state index in [1.165, 1.54) is 6.07 Å². The average molecular weight is 429 g/mol. The third-order valence-electron chi connectivity index (χ3n) is 5.35. The fourth-order valence-corrected chi connectivity index (χ4v) is 3.86. The van der Waals surface area contributed by atoms with Gasteiger partial charge in [-0.2, -0.15) is 0 Å². The molecule has 0 bridgehead atoms. The summed E-state index contributed by atoms with van der Waals surface area (Å²) < 4.78 is 11.3. The van der Waals surface area contributed by atoms with Gasteiger partial charge in [0.2, 0.25) is 0 Å². The number of hydrogen-bond donors (Lipinski definition) is 1. The second-order valence-corrected chi connectivity index (χ2v) is 7.31. The summed E-state index contributed by atoms with van der Waals surface area (Å²) in [7, 11) is 0. The molecule has 3 aromatic carbocycles. The first-order valence-electron chi connectivity index (χ1n) is 10.1. The Balaban J connectivity index is 1.56. The quantitative estimate of drug-likeness (QED) is 0.486. The van der Waals surface area contributed by atoms with Crippen molar-refractivity contribution in [2.24, 2.45) is 0 Å². The zero-order chi connectivity index (χ0) is 22.1. The van der Waals surface area contributed by atoms with Gasteiger partial charge in [0.15, 0.2) is 11.5 Å². The van der Waals surface area contributed by atoms with E-state index in [1.54, 1.807) is 59.5 Å². The van der Waals surface area contributed by atoms with E-state index in [-0.39, 0.29) is 11.6 Å². The number of nitro groups is 1. The van der Waals surface area contributed by atoms with Gasteiger partial charge >= 0.3 is 0 Å². The minimum atomic E-state index is -0.570. The monoisotopic (exact) mass is 429 g/mol. The molecule has 1 unspecified atom stereocenters. The van der Waals surface area contributed by atoms with Crippen molar-refractivity contribution in [3.8, 4) is 11.5 Å². The summed E-state index contributed by atoms with van der Waals surface area (Å²) in [5.41, 5.74) is 2.31. The molecule has 1 atom stereocenters. The first-order chi connectivity index (χ1) is 15.6. The van der Waals surface area contributed by atoms with Crippen LogP contribution in [-0.2, 0) is 0 Å². The van der Waals surface area contributed by atoms with Crippen molar-refractivity contribution >= 4 is 29.0 Å². The molecule has 0 fully saturated rings. The van der Waals surface area contributed by atoms with E-state index >= 15 is 0 Å². The molecule has 5 rings (SSSR count). The van der Waals surface area contributed by atoms with Gasteiger partial charge in [0.25, 0.3) is 11.6 Å². The van der Waals surface area contributed by atoms with Crippen LogP contribution in [-0.4, -0.2) is 30.2 Å². The number of anilines is 2. The molecule has 0 saturated heterocycles. The summed E-state index contributed by atoms with van der Waals surface area (Å²) in [4.78, 5) is 26.0. The highest BCUT2D eigenvalue weighted by molar-refractivity contribution is 6.12. The van der Waals surface area contributed by atoms with E-state index in [4.69, 9.17) is 9.47 Å². The maximum Gasteiger partial charge on any atom is 0.276 e. The molecule has 0 aliphatic carbocycles. The van der Waals surface area contributed by atoms with Crippen molar-refractivity contribution in [2.45, 2.75) is 6.17 Å². The highest BCUT2D eigenvalue weighted by atomic mass is 16.6. The lowest BCUT2D eigenvalue weighted by molar-refractivity contribution is -0.385. The number of nitrogens with one attached hydrogen (secondary N) is 1. The Hall–Kier alpha value is -4.33. The number of amides is 1. The topological polar surface area (TPSA) is 93.9 Å². The summed E-state index contributed by atoms with van der Waals surface area (Å²) in [5.74, 6) is 1.01. The van der Waals surface area contributed by atoms with E-state index in [0.717, 1.165) is 0 Å². The van der Waals surface area contributed by atoms with Crippen LogP contribution in [0.25, 0.3) is 6.08 Å². The molecule has 160 valence electrons. The second kappa shape index (κ2) is 8.07. The summed E-state index contributed by atoms with van der Waals surface area (Å²) in [5, 5.41) is 14.7. The third kappa shape index (κ3) is 3.51. The zero-order valence-corrected chi connectivity index (χ0v) is 16.9. The largest absolute Gasteiger partial charge is 0.486 e. The lowest BCUT2D eigenvalue weighted by atomic mass is 10.0. The van der Waals surface area contributed by atoms with E-state index in [2.05, 4.69) is 5.32 Å². The van der Waals surface area contributed by atoms with Crippen molar-refractivity contribution in [1.29, 1.82) is 0 Å². The van der Waals surface area contributed by atoms with Crippen LogP contribution in [0.3, 0.4) is 0 Å². The summed E-state index contributed by atoms with van der Waals surface area (Å²) in [6, 6.07) is 19.1. The molecule has 2 heterocycles. The van der Waals surface area contributed by atoms with Crippen LogP contribution in [0.1, 0.15) is 15.9 Å². The van der Waals surface area contributed by atoms with Gasteiger partial charge in [-0.05, 0) is 42.5 Å². The predicted octanol–water partition coefficient (Wildman–Crippen LogP) is 4.48. The molecule has 8 nitrogen and oxygen atoms in total. The molecule has 3 aromatic rings.